The smallest absolute Gasteiger partial charge is 0.115 e. The topological polar surface area (TPSA) is 25.8 Å². The molecule has 23 heavy (non-hydrogen) atoms. The summed E-state index contributed by atoms with van der Waals surface area (Å²) in [5, 5.41) is 0. The molecule has 0 amide bonds. The van der Waals surface area contributed by atoms with E-state index in [1.54, 1.807) is 6.92 Å². The van der Waals surface area contributed by atoms with Gasteiger partial charge in [-0.25, -0.2) is 14.4 Å². The van der Waals surface area contributed by atoms with Gasteiger partial charge in [0.05, 0.1) is 6.17 Å². The highest BCUT2D eigenvalue weighted by Gasteiger charge is 2.05. The van der Waals surface area contributed by atoms with Crippen LogP contribution in [0, 0.1) is 0 Å². The lowest BCUT2D eigenvalue weighted by molar-refractivity contribution is 0.335. The molecule has 0 saturated carbocycles. The summed E-state index contributed by atoms with van der Waals surface area (Å²) in [4.78, 5) is 8.17. The highest BCUT2D eigenvalue weighted by atomic mass is 19.1. The molecule has 0 aliphatic heterocycles. The third-order valence-electron chi connectivity index (χ3n) is 3.65. The number of nitrogens with zero attached hydrogens (tertiary/aromatic N) is 2. The Bertz CT molecular complexity index is 648. The summed E-state index contributed by atoms with van der Waals surface area (Å²) in [6.45, 7) is 5.45. The number of hydrogen-bond acceptors (Lipinski definition) is 2. The van der Waals surface area contributed by atoms with Crippen molar-refractivity contribution in [3.63, 3.8) is 0 Å². The van der Waals surface area contributed by atoms with Gasteiger partial charge in [-0.2, -0.15) is 0 Å². The number of allylic oxidation sites excluding steroid dienone is 2. The fourth-order valence-corrected chi connectivity index (χ4v) is 2.50. The molecule has 1 atom stereocenters. The van der Waals surface area contributed by atoms with Crippen LogP contribution >= 0.6 is 0 Å². The van der Waals surface area contributed by atoms with E-state index in [-0.39, 0.29) is 0 Å². The van der Waals surface area contributed by atoms with Crippen LogP contribution in [-0.2, 0) is 6.42 Å². The molecule has 0 bridgehead atoms. The second-order valence-electron chi connectivity index (χ2n) is 5.65. The molecule has 2 nitrogen and oxygen atoms in total. The highest BCUT2D eigenvalue weighted by molar-refractivity contribution is 5.68. The number of benzene rings is 1. The van der Waals surface area contributed by atoms with E-state index in [1.807, 2.05) is 18.5 Å². The van der Waals surface area contributed by atoms with Crippen LogP contribution in [0.3, 0.4) is 0 Å². The highest BCUT2D eigenvalue weighted by Crippen LogP contribution is 2.25. The molecule has 120 valence electrons. The van der Waals surface area contributed by atoms with Crippen LogP contribution in [0.15, 0.2) is 55.7 Å². The van der Waals surface area contributed by atoms with Gasteiger partial charge in [-0.1, -0.05) is 36.4 Å². The van der Waals surface area contributed by atoms with Gasteiger partial charge < -0.3 is 0 Å². The fraction of sp³-hybridized carbons (Fsp3) is 0.300. The number of hydrogen-bond donors (Lipinski definition) is 0. The van der Waals surface area contributed by atoms with Crippen molar-refractivity contribution in [2.24, 2.45) is 0 Å². The number of alkyl halides is 1. The third-order valence-corrected chi connectivity index (χ3v) is 3.65. The molecule has 0 radical (unpaired) electrons. The Balaban J connectivity index is 2.13. The van der Waals surface area contributed by atoms with E-state index in [1.165, 1.54) is 11.9 Å². The Kier molecular flexibility index (Phi) is 6.67. The zero-order chi connectivity index (χ0) is 16.5. The van der Waals surface area contributed by atoms with Crippen molar-refractivity contribution < 1.29 is 4.39 Å². The van der Waals surface area contributed by atoms with Crippen molar-refractivity contribution in [3.05, 3.63) is 66.8 Å². The van der Waals surface area contributed by atoms with Crippen LogP contribution in [0.2, 0.25) is 0 Å². The SMILES string of the molecule is C=CCc1cc(C=CCCCC(C)F)ccc1-c1cncnc1. The van der Waals surface area contributed by atoms with Crippen molar-refractivity contribution in [1.82, 2.24) is 9.97 Å². The summed E-state index contributed by atoms with van der Waals surface area (Å²) in [5.74, 6) is 0. The molecule has 1 heterocycles. The van der Waals surface area contributed by atoms with E-state index in [0.717, 1.165) is 36.0 Å². The van der Waals surface area contributed by atoms with Crippen LogP contribution in [0.4, 0.5) is 4.39 Å². The first-order chi connectivity index (χ1) is 11.2. The first kappa shape index (κ1) is 17.1. The molecule has 2 rings (SSSR count). The first-order valence-electron chi connectivity index (χ1n) is 8.00. The van der Waals surface area contributed by atoms with E-state index in [9.17, 15) is 4.39 Å². The summed E-state index contributed by atoms with van der Waals surface area (Å²) in [7, 11) is 0. The quantitative estimate of drug-likeness (QED) is 0.481. The minimum absolute atomic E-state index is 0.624. The molecule has 1 aromatic heterocycles. The van der Waals surface area contributed by atoms with Gasteiger partial charge in [0.25, 0.3) is 0 Å². The van der Waals surface area contributed by atoms with Gasteiger partial charge in [0.15, 0.2) is 0 Å². The summed E-state index contributed by atoms with van der Waals surface area (Å²) < 4.78 is 12.8. The van der Waals surface area contributed by atoms with Crippen molar-refractivity contribution in [3.8, 4) is 11.1 Å². The maximum atomic E-state index is 12.8. The zero-order valence-electron chi connectivity index (χ0n) is 13.6. The van der Waals surface area contributed by atoms with Crippen LogP contribution in [0.1, 0.15) is 37.3 Å². The molecular weight excluding hydrogens is 287 g/mol. The lowest BCUT2D eigenvalue weighted by atomic mass is 9.97. The molecule has 1 unspecified atom stereocenters. The van der Waals surface area contributed by atoms with Crippen LogP contribution < -0.4 is 0 Å². The van der Waals surface area contributed by atoms with Gasteiger partial charge in [0.1, 0.15) is 6.33 Å². The van der Waals surface area contributed by atoms with Gasteiger partial charge >= 0.3 is 0 Å². The van der Waals surface area contributed by atoms with Crippen LogP contribution in [0.25, 0.3) is 17.2 Å². The Morgan fingerprint density at radius 3 is 2.74 bits per heavy atom. The predicted octanol–water partition coefficient (Wildman–Crippen LogP) is 5.41. The van der Waals surface area contributed by atoms with Crippen LogP contribution in [-0.4, -0.2) is 16.1 Å². The number of halogens is 1. The van der Waals surface area contributed by atoms with E-state index in [2.05, 4.69) is 46.9 Å². The molecule has 0 fully saturated rings. The van der Waals surface area contributed by atoms with Gasteiger partial charge in [-0.15, -0.1) is 6.58 Å². The Morgan fingerprint density at radius 1 is 1.26 bits per heavy atom. The summed E-state index contributed by atoms with van der Waals surface area (Å²) in [5.41, 5.74) is 4.50. The number of rotatable bonds is 8. The zero-order valence-corrected chi connectivity index (χ0v) is 13.6. The van der Waals surface area contributed by atoms with Gasteiger partial charge in [-0.3, -0.25) is 0 Å². The lowest BCUT2D eigenvalue weighted by Gasteiger charge is -2.09. The van der Waals surface area contributed by atoms with Gasteiger partial charge in [0, 0.05) is 18.0 Å². The average Bonchev–Trinajstić information content (AvgIpc) is 2.56. The van der Waals surface area contributed by atoms with Gasteiger partial charge in [0.2, 0.25) is 0 Å². The second kappa shape index (κ2) is 8.99. The van der Waals surface area contributed by atoms with Crippen molar-refractivity contribution in [2.45, 2.75) is 38.8 Å². The normalized spacial score (nSPS) is 12.4. The van der Waals surface area contributed by atoms with Gasteiger partial charge in [-0.05, 0) is 49.3 Å². The minimum atomic E-state index is -0.713. The lowest BCUT2D eigenvalue weighted by Crippen LogP contribution is -1.91. The summed E-state index contributed by atoms with van der Waals surface area (Å²) in [6, 6.07) is 6.35. The maximum absolute atomic E-state index is 12.8. The van der Waals surface area contributed by atoms with E-state index in [4.69, 9.17) is 0 Å². The number of aromatic nitrogens is 2. The monoisotopic (exact) mass is 310 g/mol. The Morgan fingerprint density at radius 2 is 2.04 bits per heavy atom. The molecule has 1 aromatic carbocycles. The standard InChI is InChI=1S/C20H23FN2/c1-3-7-18-12-17(9-6-4-5-8-16(2)21)10-11-20(18)19-13-22-15-23-14-19/h3,6,9-16H,1,4-5,7-8H2,2H3. The molecule has 0 saturated heterocycles. The van der Waals surface area contributed by atoms with Crippen LogP contribution in [0.5, 0.6) is 0 Å². The van der Waals surface area contributed by atoms with Crippen molar-refractivity contribution in [1.29, 1.82) is 0 Å². The molecule has 3 heteroatoms. The molecule has 0 spiro atoms. The molecule has 0 aliphatic carbocycles. The molecule has 0 aliphatic rings. The Labute approximate surface area is 137 Å². The summed E-state index contributed by atoms with van der Waals surface area (Å²) in [6.07, 6.45) is 13.8. The third kappa shape index (κ3) is 5.44. The average molecular weight is 310 g/mol. The Hall–Kier alpha value is -2.29. The van der Waals surface area contributed by atoms with E-state index < -0.39 is 6.17 Å². The fourth-order valence-electron chi connectivity index (χ4n) is 2.50. The number of unbranched alkanes of at least 4 members (excludes halogenated alkanes) is 1. The van der Waals surface area contributed by atoms with Crippen molar-refractivity contribution in [2.75, 3.05) is 0 Å². The molecule has 0 N–H and O–H groups in total. The largest absolute Gasteiger partial charge is 0.248 e. The second-order valence-corrected chi connectivity index (χ2v) is 5.65. The minimum Gasteiger partial charge on any atom is -0.248 e. The maximum Gasteiger partial charge on any atom is 0.115 e. The predicted molar refractivity (Wildman–Crippen MR) is 94.8 cm³/mol. The van der Waals surface area contributed by atoms with E-state index in [0.29, 0.717) is 6.42 Å². The summed E-state index contributed by atoms with van der Waals surface area (Å²) >= 11 is 0. The van der Waals surface area contributed by atoms with Crippen molar-refractivity contribution >= 4 is 6.08 Å². The molecular formula is C20H23FN2. The molecule has 2 aromatic rings. The van der Waals surface area contributed by atoms with E-state index >= 15 is 0 Å². The first-order valence-corrected chi connectivity index (χ1v) is 8.00.